The molecule has 4 aliphatic carbocycles. The number of amides is 1. The van der Waals surface area contributed by atoms with Gasteiger partial charge < -0.3 is 14.8 Å². The summed E-state index contributed by atoms with van der Waals surface area (Å²) in [5.41, 5.74) is 0.286. The first-order valence-electron chi connectivity index (χ1n) is 12.2. The highest BCUT2D eigenvalue weighted by Gasteiger charge is 2.60. The van der Waals surface area contributed by atoms with Crippen LogP contribution in [0.25, 0.3) is 0 Å². The number of alkyl halides is 1. The van der Waals surface area contributed by atoms with Crippen molar-refractivity contribution in [2.75, 3.05) is 23.8 Å². The standard InChI is InChI=1S/C26H30BrClN2O5S/c1-3-35-21-6-5-19(9-20(21)27)30-36(32,33)23-10-18(4-7-22(23)34-2)29-24(31)25-11-16-8-17(12-25)14-26(28,13-16)15-25/h4-7,9-10,16-17,30H,3,8,11-15H2,1-2H3,(H,29,31). The monoisotopic (exact) mass is 596 g/mol. The molecule has 2 unspecified atom stereocenters. The Hall–Kier alpha value is -1.97. The third kappa shape index (κ3) is 4.82. The predicted molar refractivity (Wildman–Crippen MR) is 143 cm³/mol. The van der Waals surface area contributed by atoms with Gasteiger partial charge >= 0.3 is 0 Å². The van der Waals surface area contributed by atoms with Crippen LogP contribution in [0.2, 0.25) is 0 Å². The molecule has 4 bridgehead atoms. The number of carbonyl (C=O) groups is 1. The van der Waals surface area contributed by atoms with Gasteiger partial charge in [0.05, 0.1) is 29.3 Å². The minimum absolute atomic E-state index is 0.0628. The minimum atomic E-state index is -4.02. The highest BCUT2D eigenvalue weighted by Crippen LogP contribution is 2.64. The summed E-state index contributed by atoms with van der Waals surface area (Å²) in [6.45, 7) is 2.37. The van der Waals surface area contributed by atoms with Gasteiger partial charge in [-0.05, 0) is 110 Å². The minimum Gasteiger partial charge on any atom is -0.495 e. The second-order valence-corrected chi connectivity index (χ2v) is 13.7. The molecule has 0 heterocycles. The van der Waals surface area contributed by atoms with Gasteiger partial charge in [-0.15, -0.1) is 11.6 Å². The van der Waals surface area contributed by atoms with Crippen molar-refractivity contribution in [2.24, 2.45) is 17.3 Å². The van der Waals surface area contributed by atoms with Crippen molar-refractivity contribution in [3.8, 4) is 11.5 Å². The molecule has 4 saturated carbocycles. The maximum Gasteiger partial charge on any atom is 0.265 e. The van der Waals surface area contributed by atoms with Gasteiger partial charge in [0.15, 0.2) is 0 Å². The van der Waals surface area contributed by atoms with Gasteiger partial charge in [-0.3, -0.25) is 9.52 Å². The Kier molecular flexibility index (Phi) is 6.71. The van der Waals surface area contributed by atoms with E-state index in [0.29, 0.717) is 46.5 Å². The summed E-state index contributed by atoms with van der Waals surface area (Å²) in [5.74, 6) is 1.70. The first-order valence-corrected chi connectivity index (χ1v) is 14.8. The molecule has 2 atom stereocenters. The zero-order valence-electron chi connectivity index (χ0n) is 20.3. The van der Waals surface area contributed by atoms with Crippen LogP contribution in [0.5, 0.6) is 11.5 Å². The fourth-order valence-corrected chi connectivity index (χ4v) is 9.12. The van der Waals surface area contributed by atoms with Crippen LogP contribution in [-0.2, 0) is 14.8 Å². The fraction of sp³-hybridized carbons (Fsp3) is 0.500. The summed E-state index contributed by atoms with van der Waals surface area (Å²) in [6, 6.07) is 9.62. The number of benzene rings is 2. The Balaban J connectivity index is 1.38. The van der Waals surface area contributed by atoms with E-state index in [9.17, 15) is 13.2 Å². The quantitative estimate of drug-likeness (QED) is 0.355. The lowest BCUT2D eigenvalue weighted by Gasteiger charge is -2.59. The van der Waals surface area contributed by atoms with E-state index >= 15 is 0 Å². The van der Waals surface area contributed by atoms with Crippen LogP contribution in [-0.4, -0.2) is 32.9 Å². The van der Waals surface area contributed by atoms with E-state index < -0.39 is 15.4 Å². The van der Waals surface area contributed by atoms with Crippen molar-refractivity contribution in [1.82, 2.24) is 0 Å². The molecule has 2 aromatic carbocycles. The van der Waals surface area contributed by atoms with Gasteiger partial charge in [-0.2, -0.15) is 0 Å². The van der Waals surface area contributed by atoms with Crippen LogP contribution in [0.3, 0.4) is 0 Å². The van der Waals surface area contributed by atoms with E-state index in [2.05, 4.69) is 26.0 Å². The average Bonchev–Trinajstić information content (AvgIpc) is 2.79. The lowest BCUT2D eigenvalue weighted by molar-refractivity contribution is -0.138. The number of halogens is 2. The summed E-state index contributed by atoms with van der Waals surface area (Å²) < 4.78 is 40.7. The van der Waals surface area contributed by atoms with Crippen LogP contribution in [0.15, 0.2) is 45.8 Å². The highest BCUT2D eigenvalue weighted by atomic mass is 79.9. The summed E-state index contributed by atoms with van der Waals surface area (Å²) in [6.07, 6.45) is 5.49. The van der Waals surface area contributed by atoms with Gasteiger partial charge in [0.25, 0.3) is 10.0 Å². The molecule has 0 radical (unpaired) electrons. The number of hydrogen-bond acceptors (Lipinski definition) is 5. The van der Waals surface area contributed by atoms with Gasteiger partial charge in [0, 0.05) is 10.6 Å². The average molecular weight is 598 g/mol. The summed E-state index contributed by atoms with van der Waals surface area (Å²) in [5, 5.41) is 3.01. The number of methoxy groups -OCH3 is 1. The van der Waals surface area contributed by atoms with Gasteiger partial charge in [-0.1, -0.05) is 0 Å². The van der Waals surface area contributed by atoms with E-state index in [1.807, 2.05) is 6.92 Å². The van der Waals surface area contributed by atoms with Crippen LogP contribution < -0.4 is 19.5 Å². The first kappa shape index (κ1) is 25.7. The number of hydrogen-bond donors (Lipinski definition) is 2. The van der Waals surface area contributed by atoms with Crippen molar-refractivity contribution >= 4 is 54.8 Å². The molecule has 0 aromatic heterocycles. The summed E-state index contributed by atoms with van der Waals surface area (Å²) >= 11 is 10.3. The Morgan fingerprint density at radius 3 is 2.36 bits per heavy atom. The third-order valence-electron chi connectivity index (χ3n) is 7.67. The molecule has 2 N–H and O–H groups in total. The molecule has 0 aliphatic heterocycles. The van der Waals surface area contributed by atoms with E-state index in [1.54, 1.807) is 30.3 Å². The summed E-state index contributed by atoms with van der Waals surface area (Å²) in [4.78, 5) is 13.2. The first-order chi connectivity index (χ1) is 17.0. The molecule has 4 fully saturated rings. The lowest BCUT2D eigenvalue weighted by Crippen LogP contribution is -2.57. The third-order valence-corrected chi connectivity index (χ3v) is 10.1. The number of carbonyl (C=O) groups excluding carboxylic acids is 1. The number of sulfonamides is 1. The van der Waals surface area contributed by atoms with Crippen LogP contribution in [0.1, 0.15) is 45.4 Å². The van der Waals surface area contributed by atoms with Crippen LogP contribution in [0.4, 0.5) is 11.4 Å². The second-order valence-electron chi connectivity index (χ2n) is 10.4. The van der Waals surface area contributed by atoms with Crippen LogP contribution >= 0.6 is 27.5 Å². The van der Waals surface area contributed by atoms with Crippen molar-refractivity contribution in [3.63, 3.8) is 0 Å². The Bertz CT molecular complexity index is 1290. The topological polar surface area (TPSA) is 93.7 Å². The highest BCUT2D eigenvalue weighted by molar-refractivity contribution is 9.10. The van der Waals surface area contributed by atoms with Gasteiger partial charge in [-0.25, -0.2) is 8.42 Å². The van der Waals surface area contributed by atoms with Gasteiger partial charge in [0.2, 0.25) is 5.91 Å². The number of ether oxygens (including phenoxy) is 2. The maximum atomic E-state index is 13.6. The van der Waals surface area contributed by atoms with Crippen molar-refractivity contribution in [1.29, 1.82) is 0 Å². The normalized spacial score (nSPS) is 28.6. The number of rotatable bonds is 8. The zero-order chi connectivity index (χ0) is 25.7. The molecule has 7 nitrogen and oxygen atoms in total. The number of anilines is 2. The molecule has 194 valence electrons. The van der Waals surface area contributed by atoms with Crippen molar-refractivity contribution < 1.29 is 22.7 Å². The zero-order valence-corrected chi connectivity index (χ0v) is 23.4. The van der Waals surface area contributed by atoms with Crippen molar-refractivity contribution in [2.45, 2.75) is 55.2 Å². The lowest BCUT2D eigenvalue weighted by atomic mass is 9.49. The molecule has 4 aliphatic rings. The molecule has 10 heteroatoms. The molecule has 6 rings (SSSR count). The summed E-state index contributed by atoms with van der Waals surface area (Å²) in [7, 11) is -2.61. The van der Waals surface area contributed by atoms with E-state index in [-0.39, 0.29) is 21.4 Å². The molecule has 1 amide bonds. The largest absolute Gasteiger partial charge is 0.495 e. The van der Waals surface area contributed by atoms with E-state index in [4.69, 9.17) is 21.1 Å². The van der Waals surface area contributed by atoms with Gasteiger partial charge in [0.1, 0.15) is 16.4 Å². The molecule has 36 heavy (non-hydrogen) atoms. The smallest absolute Gasteiger partial charge is 0.265 e. The van der Waals surface area contributed by atoms with E-state index in [0.717, 1.165) is 32.1 Å². The Labute approximate surface area is 225 Å². The number of nitrogens with one attached hydrogen (secondary N) is 2. The SMILES string of the molecule is CCOc1ccc(NS(=O)(=O)c2cc(NC(=O)C34CC5CC(CC(Cl)(C5)C3)C4)ccc2OC)cc1Br. The molecule has 0 spiro atoms. The second kappa shape index (κ2) is 9.40. The Morgan fingerprint density at radius 2 is 1.75 bits per heavy atom. The Morgan fingerprint density at radius 1 is 1.08 bits per heavy atom. The predicted octanol–water partition coefficient (Wildman–Crippen LogP) is 6.17. The molecule has 2 aromatic rings. The molecule has 0 saturated heterocycles. The molecular formula is C26H30BrClN2O5S. The molecular weight excluding hydrogens is 568 g/mol. The fourth-order valence-electron chi connectivity index (χ4n) is 6.69. The maximum absolute atomic E-state index is 13.6. The van der Waals surface area contributed by atoms with Crippen molar-refractivity contribution in [3.05, 3.63) is 40.9 Å². The van der Waals surface area contributed by atoms with Crippen LogP contribution in [0, 0.1) is 17.3 Å². The van der Waals surface area contributed by atoms with E-state index in [1.165, 1.54) is 13.2 Å².